The van der Waals surface area contributed by atoms with Crippen molar-refractivity contribution >= 4 is 41.2 Å². The molecule has 1 aromatic rings. The Bertz CT molecular complexity index is 529. The van der Waals surface area contributed by atoms with Gasteiger partial charge in [0.05, 0.1) is 10.0 Å². The number of aliphatic carboxylic acids is 1. The largest absolute Gasteiger partial charge is 0.481 e. The van der Waals surface area contributed by atoms with Crippen LogP contribution in [0.2, 0.25) is 10.0 Å². The number of carbonyl (C=O) groups is 2. The molecule has 0 saturated heterocycles. The maximum atomic E-state index is 11.8. The zero-order chi connectivity index (χ0) is 15.1. The van der Waals surface area contributed by atoms with Gasteiger partial charge < -0.3 is 10.0 Å². The third kappa shape index (κ3) is 5.23. The minimum Gasteiger partial charge on any atom is -0.481 e. The first-order valence-corrected chi connectivity index (χ1v) is 6.76. The number of carbonyl (C=O) groups excluding carboxylic acids is 1. The highest BCUT2D eigenvalue weighted by Crippen LogP contribution is 2.26. The topological polar surface area (TPSA) is 57.6 Å². The van der Waals surface area contributed by atoms with E-state index in [1.807, 2.05) is 0 Å². The number of carboxylic acids is 1. The first-order valence-electron chi connectivity index (χ1n) is 6.01. The average Bonchev–Trinajstić information content (AvgIpc) is 2.39. The van der Waals surface area contributed by atoms with Crippen LogP contribution >= 0.6 is 23.2 Å². The number of likely N-dealkylation sites (N-methyl/N-ethyl adjacent to an activating group) is 1. The fourth-order valence-corrected chi connectivity index (χ4v) is 1.89. The van der Waals surface area contributed by atoms with Crippen molar-refractivity contribution in [3.63, 3.8) is 0 Å². The first kappa shape index (κ1) is 16.5. The minimum atomic E-state index is -0.868. The molecule has 0 saturated carbocycles. The van der Waals surface area contributed by atoms with Crippen molar-refractivity contribution in [3.05, 3.63) is 39.9 Å². The quantitative estimate of drug-likeness (QED) is 0.819. The van der Waals surface area contributed by atoms with E-state index >= 15 is 0 Å². The van der Waals surface area contributed by atoms with Gasteiger partial charge in [-0.05, 0) is 24.1 Å². The Morgan fingerprint density at radius 2 is 2.05 bits per heavy atom. The molecule has 0 aliphatic heterocycles. The Hall–Kier alpha value is -1.52. The predicted molar refractivity (Wildman–Crippen MR) is 80.0 cm³/mol. The summed E-state index contributed by atoms with van der Waals surface area (Å²) in [4.78, 5) is 23.6. The normalized spacial score (nSPS) is 10.8. The fraction of sp³-hybridized carbons (Fsp3) is 0.286. The summed E-state index contributed by atoms with van der Waals surface area (Å²) in [5.41, 5.74) is 0.659. The number of benzene rings is 1. The van der Waals surface area contributed by atoms with Crippen LogP contribution in [0, 0.1) is 0 Å². The molecule has 0 fully saturated rings. The molecule has 108 valence electrons. The van der Waals surface area contributed by atoms with Crippen LogP contribution < -0.4 is 0 Å². The van der Waals surface area contributed by atoms with Crippen molar-refractivity contribution in [2.24, 2.45) is 0 Å². The van der Waals surface area contributed by atoms with Crippen LogP contribution in [0.25, 0.3) is 6.08 Å². The maximum Gasteiger partial charge on any atom is 0.303 e. The Morgan fingerprint density at radius 1 is 1.35 bits per heavy atom. The second-order valence-electron chi connectivity index (χ2n) is 4.23. The van der Waals surface area contributed by atoms with Crippen LogP contribution in [0.3, 0.4) is 0 Å². The fourth-order valence-electron chi connectivity index (χ4n) is 1.52. The summed E-state index contributed by atoms with van der Waals surface area (Å²) in [6.45, 7) is 0.388. The summed E-state index contributed by atoms with van der Waals surface area (Å²) in [6.07, 6.45) is 3.44. The average molecular weight is 316 g/mol. The molecule has 6 heteroatoms. The lowest BCUT2D eigenvalue weighted by Crippen LogP contribution is -2.26. The van der Waals surface area contributed by atoms with Gasteiger partial charge in [-0.15, -0.1) is 0 Å². The Labute approximate surface area is 127 Å². The van der Waals surface area contributed by atoms with E-state index in [0.29, 0.717) is 28.6 Å². The highest BCUT2D eigenvalue weighted by molar-refractivity contribution is 6.42. The summed E-state index contributed by atoms with van der Waals surface area (Å²) >= 11 is 11.9. The van der Waals surface area contributed by atoms with E-state index in [2.05, 4.69) is 0 Å². The van der Waals surface area contributed by atoms with Crippen molar-refractivity contribution in [1.82, 2.24) is 4.90 Å². The third-order valence-electron chi connectivity index (χ3n) is 2.65. The number of rotatable bonds is 6. The van der Waals surface area contributed by atoms with Gasteiger partial charge in [0, 0.05) is 26.1 Å². The van der Waals surface area contributed by atoms with Crippen LogP contribution in [0.1, 0.15) is 18.4 Å². The van der Waals surface area contributed by atoms with Gasteiger partial charge in [0.25, 0.3) is 0 Å². The van der Waals surface area contributed by atoms with E-state index in [1.54, 1.807) is 31.3 Å². The summed E-state index contributed by atoms with van der Waals surface area (Å²) in [5.74, 6) is -1.08. The lowest BCUT2D eigenvalue weighted by molar-refractivity contribution is -0.137. The van der Waals surface area contributed by atoms with Crippen LogP contribution in [-0.4, -0.2) is 35.5 Å². The zero-order valence-corrected chi connectivity index (χ0v) is 12.5. The third-order valence-corrected chi connectivity index (χ3v) is 3.48. The van der Waals surface area contributed by atoms with Crippen LogP contribution in [0.5, 0.6) is 0 Å². The molecule has 0 aromatic heterocycles. The number of nitrogens with zero attached hydrogens (tertiary/aromatic N) is 1. The number of carboxylic acid groups (broad SMARTS) is 1. The molecule has 0 bridgehead atoms. The van der Waals surface area contributed by atoms with Gasteiger partial charge in [0.1, 0.15) is 0 Å². The summed E-state index contributed by atoms with van der Waals surface area (Å²) in [5, 5.41) is 9.35. The van der Waals surface area contributed by atoms with Crippen LogP contribution in [0.4, 0.5) is 0 Å². The Balaban J connectivity index is 2.58. The van der Waals surface area contributed by atoms with Gasteiger partial charge in [-0.25, -0.2) is 0 Å². The highest BCUT2D eigenvalue weighted by Gasteiger charge is 2.07. The smallest absolute Gasteiger partial charge is 0.303 e. The van der Waals surface area contributed by atoms with E-state index < -0.39 is 5.97 Å². The van der Waals surface area contributed by atoms with Crippen molar-refractivity contribution in [3.8, 4) is 0 Å². The molecular formula is C14H15Cl2NO3. The zero-order valence-electron chi connectivity index (χ0n) is 11.0. The molecule has 0 spiro atoms. The maximum absolute atomic E-state index is 11.8. The first-order chi connectivity index (χ1) is 9.41. The molecule has 20 heavy (non-hydrogen) atoms. The highest BCUT2D eigenvalue weighted by atomic mass is 35.5. The molecule has 1 amide bonds. The standard InChI is InChI=1S/C14H15Cl2NO3/c1-17(9-3-6-13(19)20)12(18)8-7-10-4-2-5-11(15)14(10)16/h2,4-5,7-8H,3,6,9H2,1H3,(H,19,20)/b8-7+. The van der Waals surface area contributed by atoms with Gasteiger partial charge in [-0.3, -0.25) is 9.59 Å². The minimum absolute atomic E-state index is 0.0431. The molecule has 0 atom stereocenters. The lowest BCUT2D eigenvalue weighted by atomic mass is 10.2. The molecule has 1 N–H and O–H groups in total. The van der Waals surface area contributed by atoms with E-state index in [-0.39, 0.29) is 12.3 Å². The van der Waals surface area contributed by atoms with Gasteiger partial charge in [-0.2, -0.15) is 0 Å². The number of hydrogen-bond donors (Lipinski definition) is 1. The van der Waals surface area contributed by atoms with Gasteiger partial charge in [-0.1, -0.05) is 35.3 Å². The number of amides is 1. The molecule has 4 nitrogen and oxygen atoms in total. The van der Waals surface area contributed by atoms with E-state index in [9.17, 15) is 9.59 Å². The van der Waals surface area contributed by atoms with E-state index in [4.69, 9.17) is 28.3 Å². The summed E-state index contributed by atoms with van der Waals surface area (Å²) < 4.78 is 0. The van der Waals surface area contributed by atoms with Gasteiger partial charge >= 0.3 is 5.97 Å². The van der Waals surface area contributed by atoms with Crippen molar-refractivity contribution in [2.45, 2.75) is 12.8 Å². The lowest BCUT2D eigenvalue weighted by Gasteiger charge is -2.14. The monoisotopic (exact) mass is 315 g/mol. The van der Waals surface area contributed by atoms with Crippen LogP contribution in [0.15, 0.2) is 24.3 Å². The molecule has 0 aliphatic carbocycles. The SMILES string of the molecule is CN(CCCC(=O)O)C(=O)/C=C/c1cccc(Cl)c1Cl. The summed E-state index contributed by atoms with van der Waals surface area (Å²) in [6, 6.07) is 5.17. The second kappa shape index (κ2) is 7.92. The molecule has 1 rings (SSSR count). The summed E-state index contributed by atoms with van der Waals surface area (Å²) in [7, 11) is 1.62. The molecule has 0 heterocycles. The van der Waals surface area contributed by atoms with Gasteiger partial charge in [0.2, 0.25) is 5.91 Å². The van der Waals surface area contributed by atoms with E-state index in [1.165, 1.54) is 11.0 Å². The van der Waals surface area contributed by atoms with Gasteiger partial charge in [0.15, 0.2) is 0 Å². The predicted octanol–water partition coefficient (Wildman–Crippen LogP) is 3.33. The molecule has 0 unspecified atom stereocenters. The Morgan fingerprint density at radius 3 is 2.70 bits per heavy atom. The van der Waals surface area contributed by atoms with E-state index in [0.717, 1.165) is 0 Å². The number of halogens is 2. The Kier molecular flexibility index (Phi) is 6.55. The molecular weight excluding hydrogens is 301 g/mol. The number of hydrogen-bond acceptors (Lipinski definition) is 2. The van der Waals surface area contributed by atoms with Crippen LogP contribution in [-0.2, 0) is 9.59 Å². The van der Waals surface area contributed by atoms with Crippen molar-refractivity contribution in [1.29, 1.82) is 0 Å². The molecule has 1 aromatic carbocycles. The second-order valence-corrected chi connectivity index (χ2v) is 5.02. The van der Waals surface area contributed by atoms with Crippen molar-refractivity contribution < 1.29 is 14.7 Å². The molecule has 0 aliphatic rings. The molecule has 0 radical (unpaired) electrons. The van der Waals surface area contributed by atoms with Crippen molar-refractivity contribution in [2.75, 3.05) is 13.6 Å².